The van der Waals surface area contributed by atoms with E-state index in [0.29, 0.717) is 31.9 Å². The van der Waals surface area contributed by atoms with Crippen LogP contribution in [0.4, 0.5) is 0 Å². The van der Waals surface area contributed by atoms with Gasteiger partial charge in [-0.05, 0) is 24.3 Å². The van der Waals surface area contributed by atoms with Crippen LogP contribution in [0, 0.1) is 5.92 Å². The van der Waals surface area contributed by atoms with Crippen LogP contribution in [0.2, 0.25) is 0 Å². The highest BCUT2D eigenvalue weighted by Crippen LogP contribution is 2.17. The van der Waals surface area contributed by atoms with Gasteiger partial charge in [0.15, 0.2) is 5.69 Å². The molecule has 1 aliphatic heterocycles. The van der Waals surface area contributed by atoms with Crippen molar-refractivity contribution in [1.82, 2.24) is 25.3 Å². The second kappa shape index (κ2) is 10.2. The molecular formula is C23H31N5O3. The molecule has 31 heavy (non-hydrogen) atoms. The Morgan fingerprint density at radius 3 is 2.58 bits per heavy atom. The smallest absolute Gasteiger partial charge is 0.272 e. The summed E-state index contributed by atoms with van der Waals surface area (Å²) in [5.74, 6) is -0.886. The highest BCUT2D eigenvalue weighted by molar-refractivity contribution is 5.99. The van der Waals surface area contributed by atoms with Crippen LogP contribution in [-0.2, 0) is 17.9 Å². The average molecular weight is 426 g/mol. The van der Waals surface area contributed by atoms with Crippen molar-refractivity contribution in [3.8, 4) is 0 Å². The van der Waals surface area contributed by atoms with Crippen LogP contribution in [0.5, 0.6) is 0 Å². The maximum absolute atomic E-state index is 13.1. The van der Waals surface area contributed by atoms with Crippen LogP contribution < -0.4 is 10.6 Å². The molecule has 8 nitrogen and oxygen atoms in total. The van der Waals surface area contributed by atoms with E-state index in [2.05, 4.69) is 15.7 Å². The summed E-state index contributed by atoms with van der Waals surface area (Å²) in [5, 5.41) is 9.97. The molecule has 2 N–H and O–H groups in total. The first-order valence-corrected chi connectivity index (χ1v) is 10.9. The van der Waals surface area contributed by atoms with E-state index >= 15 is 0 Å². The fourth-order valence-electron chi connectivity index (χ4n) is 3.61. The van der Waals surface area contributed by atoms with E-state index in [1.807, 2.05) is 51.1 Å². The monoisotopic (exact) mass is 425 g/mol. The first-order valence-electron chi connectivity index (χ1n) is 10.9. The van der Waals surface area contributed by atoms with Crippen LogP contribution in [0.25, 0.3) is 0 Å². The van der Waals surface area contributed by atoms with Gasteiger partial charge in [0.1, 0.15) is 11.7 Å². The molecule has 0 unspecified atom stereocenters. The lowest BCUT2D eigenvalue weighted by molar-refractivity contribution is -0.123. The van der Waals surface area contributed by atoms with Crippen molar-refractivity contribution in [1.29, 1.82) is 0 Å². The van der Waals surface area contributed by atoms with Crippen molar-refractivity contribution < 1.29 is 14.4 Å². The summed E-state index contributed by atoms with van der Waals surface area (Å²) in [6.45, 7) is 7.99. The number of amides is 3. The molecule has 3 rings (SSSR count). The number of hydrogen-bond donors (Lipinski definition) is 2. The lowest BCUT2D eigenvalue weighted by Gasteiger charge is -2.21. The number of aryl methyl sites for hydroxylation is 1. The highest BCUT2D eigenvalue weighted by Gasteiger charge is 2.29. The standard InChI is InChI=1S/C23H31N5O3/c1-4-11-24-22(30)20(16(2)3)25-21(29)18-14-19-23(31)27(12-8-13-28(19)26-18)15-17-9-6-5-7-10-17/h5-7,9-10,14,16,20H,4,8,11-13,15H2,1-3H3,(H,24,30)(H,25,29)/t20-/m1/s1. The van der Waals surface area contributed by atoms with Gasteiger partial charge in [0, 0.05) is 32.2 Å². The molecule has 1 aromatic heterocycles. The number of carbonyl (C=O) groups is 3. The van der Waals surface area contributed by atoms with E-state index < -0.39 is 11.9 Å². The summed E-state index contributed by atoms with van der Waals surface area (Å²) < 4.78 is 1.60. The maximum Gasteiger partial charge on any atom is 0.272 e. The van der Waals surface area contributed by atoms with Crippen molar-refractivity contribution in [2.75, 3.05) is 13.1 Å². The van der Waals surface area contributed by atoms with Gasteiger partial charge in [-0.1, -0.05) is 51.1 Å². The van der Waals surface area contributed by atoms with Gasteiger partial charge in [0.25, 0.3) is 11.8 Å². The quantitative estimate of drug-likeness (QED) is 0.678. The van der Waals surface area contributed by atoms with Gasteiger partial charge in [-0.2, -0.15) is 5.10 Å². The van der Waals surface area contributed by atoms with Crippen molar-refractivity contribution in [2.45, 2.75) is 52.7 Å². The summed E-state index contributed by atoms with van der Waals surface area (Å²) in [6.07, 6.45) is 1.57. The minimum Gasteiger partial charge on any atom is -0.354 e. The number of nitrogens with zero attached hydrogens (tertiary/aromatic N) is 3. The Balaban J connectivity index is 1.74. The van der Waals surface area contributed by atoms with E-state index in [0.717, 1.165) is 18.4 Å². The molecule has 1 aliphatic rings. The minimum atomic E-state index is -0.661. The van der Waals surface area contributed by atoms with Gasteiger partial charge in [-0.25, -0.2) is 0 Å². The maximum atomic E-state index is 13.1. The molecule has 166 valence electrons. The minimum absolute atomic E-state index is 0.0794. The predicted octanol–water partition coefficient (Wildman–Crippen LogP) is 2.21. The van der Waals surface area contributed by atoms with E-state index in [9.17, 15) is 14.4 Å². The Labute approximate surface area is 183 Å². The Bertz CT molecular complexity index is 923. The first-order chi connectivity index (χ1) is 14.9. The number of carbonyl (C=O) groups excluding carboxylic acids is 3. The molecule has 1 aromatic carbocycles. The Morgan fingerprint density at radius 2 is 1.90 bits per heavy atom. The van der Waals surface area contributed by atoms with E-state index in [1.165, 1.54) is 6.07 Å². The molecule has 0 fully saturated rings. The number of nitrogens with one attached hydrogen (secondary N) is 2. The third kappa shape index (κ3) is 5.51. The SMILES string of the molecule is CCCNC(=O)[C@H](NC(=O)c1cc2n(n1)CCCN(Cc1ccccc1)C2=O)C(C)C. The molecule has 0 saturated carbocycles. The van der Waals surface area contributed by atoms with Crippen LogP contribution in [-0.4, -0.2) is 51.5 Å². The molecule has 0 spiro atoms. The lowest BCUT2D eigenvalue weighted by atomic mass is 10.0. The van der Waals surface area contributed by atoms with Gasteiger partial charge in [-0.15, -0.1) is 0 Å². The average Bonchev–Trinajstić information content (AvgIpc) is 3.13. The zero-order valence-electron chi connectivity index (χ0n) is 18.4. The van der Waals surface area contributed by atoms with E-state index in [4.69, 9.17) is 0 Å². The third-order valence-corrected chi connectivity index (χ3v) is 5.32. The summed E-state index contributed by atoms with van der Waals surface area (Å²) in [4.78, 5) is 40.1. The summed E-state index contributed by atoms with van der Waals surface area (Å²) in [5.41, 5.74) is 1.61. The first kappa shape index (κ1) is 22.5. The number of benzene rings is 1. The normalized spacial score (nSPS) is 14.7. The van der Waals surface area contributed by atoms with Gasteiger partial charge in [-0.3, -0.25) is 19.1 Å². The van der Waals surface area contributed by atoms with Gasteiger partial charge in [0.05, 0.1) is 0 Å². The van der Waals surface area contributed by atoms with Crippen molar-refractivity contribution in [3.63, 3.8) is 0 Å². The third-order valence-electron chi connectivity index (χ3n) is 5.32. The van der Waals surface area contributed by atoms with Crippen molar-refractivity contribution in [2.24, 2.45) is 5.92 Å². The number of rotatable bonds is 8. The van der Waals surface area contributed by atoms with E-state index in [1.54, 1.807) is 9.58 Å². The molecule has 3 amide bonds. The largest absolute Gasteiger partial charge is 0.354 e. The zero-order valence-corrected chi connectivity index (χ0v) is 18.4. The molecule has 2 heterocycles. The molecule has 0 aliphatic carbocycles. The molecule has 1 atom stereocenters. The molecule has 0 bridgehead atoms. The van der Waals surface area contributed by atoms with Gasteiger partial charge < -0.3 is 15.5 Å². The number of aromatic nitrogens is 2. The fourth-order valence-corrected chi connectivity index (χ4v) is 3.61. The lowest BCUT2D eigenvalue weighted by Crippen LogP contribution is -2.49. The second-order valence-corrected chi connectivity index (χ2v) is 8.19. The number of fused-ring (bicyclic) bond motifs is 1. The molecule has 0 radical (unpaired) electrons. The van der Waals surface area contributed by atoms with E-state index in [-0.39, 0.29) is 23.4 Å². The molecule has 2 aromatic rings. The summed E-state index contributed by atoms with van der Waals surface area (Å²) in [7, 11) is 0. The number of hydrogen-bond acceptors (Lipinski definition) is 4. The molecule has 0 saturated heterocycles. The van der Waals surface area contributed by atoms with Crippen LogP contribution >= 0.6 is 0 Å². The second-order valence-electron chi connectivity index (χ2n) is 8.19. The zero-order chi connectivity index (χ0) is 22.4. The topological polar surface area (TPSA) is 96.3 Å². The molecular weight excluding hydrogens is 394 g/mol. The highest BCUT2D eigenvalue weighted by atomic mass is 16.2. The summed E-state index contributed by atoms with van der Waals surface area (Å²) >= 11 is 0. The van der Waals surface area contributed by atoms with Crippen LogP contribution in [0.1, 0.15) is 60.2 Å². The van der Waals surface area contributed by atoms with Crippen molar-refractivity contribution in [3.05, 3.63) is 53.3 Å². The Kier molecular flexibility index (Phi) is 7.44. The Hall–Kier alpha value is -3.16. The predicted molar refractivity (Wildman–Crippen MR) is 117 cm³/mol. The van der Waals surface area contributed by atoms with Gasteiger partial charge in [0.2, 0.25) is 5.91 Å². The van der Waals surface area contributed by atoms with Crippen molar-refractivity contribution >= 4 is 17.7 Å². The van der Waals surface area contributed by atoms with Gasteiger partial charge >= 0.3 is 0 Å². The van der Waals surface area contributed by atoms with Crippen LogP contribution in [0.3, 0.4) is 0 Å². The molecule has 8 heteroatoms. The summed E-state index contributed by atoms with van der Waals surface area (Å²) in [6, 6.07) is 10.7. The Morgan fingerprint density at radius 1 is 1.16 bits per heavy atom. The fraction of sp³-hybridized carbons (Fsp3) is 0.478. The van der Waals surface area contributed by atoms with Crippen LogP contribution in [0.15, 0.2) is 36.4 Å².